The lowest BCUT2D eigenvalue weighted by Gasteiger charge is -2.24. The van der Waals surface area contributed by atoms with Crippen LogP contribution in [0.4, 0.5) is 5.69 Å². The molecule has 1 aromatic rings. The maximum atomic E-state index is 12.4. The van der Waals surface area contributed by atoms with Crippen LogP contribution in [-0.2, 0) is 14.8 Å². The molecule has 1 saturated carbocycles. The summed E-state index contributed by atoms with van der Waals surface area (Å²) < 4.78 is 25.5. The summed E-state index contributed by atoms with van der Waals surface area (Å²) >= 11 is 0. The highest BCUT2D eigenvalue weighted by Crippen LogP contribution is 2.21. The number of hydrogen-bond donors (Lipinski definition) is 1. The SMILES string of the molecule is Cc1ccc(N(CC(=O)NC2CCCCCC2)S(C)(=O)=O)cc1C. The van der Waals surface area contributed by atoms with Crippen molar-refractivity contribution in [3.63, 3.8) is 0 Å². The first kappa shape index (κ1) is 18.8. The van der Waals surface area contributed by atoms with E-state index < -0.39 is 10.0 Å². The van der Waals surface area contributed by atoms with Gasteiger partial charge in [0.25, 0.3) is 0 Å². The van der Waals surface area contributed by atoms with E-state index in [0.717, 1.165) is 43.1 Å². The molecule has 0 aromatic heterocycles. The first-order valence-corrected chi connectivity index (χ1v) is 10.5. The standard InChI is InChI=1S/C18H28N2O3S/c1-14-10-11-17(12-15(14)2)20(24(3,22)23)13-18(21)19-16-8-6-4-5-7-9-16/h10-12,16H,4-9,13H2,1-3H3,(H,19,21). The zero-order valence-electron chi connectivity index (χ0n) is 14.8. The molecule has 0 radical (unpaired) electrons. The van der Waals surface area contributed by atoms with Gasteiger partial charge in [-0.15, -0.1) is 0 Å². The van der Waals surface area contributed by atoms with E-state index in [1.54, 1.807) is 6.07 Å². The monoisotopic (exact) mass is 352 g/mol. The lowest BCUT2D eigenvalue weighted by molar-refractivity contribution is -0.120. The van der Waals surface area contributed by atoms with Crippen LogP contribution >= 0.6 is 0 Å². The second kappa shape index (κ2) is 8.01. The number of nitrogens with one attached hydrogen (secondary N) is 1. The Morgan fingerprint density at radius 2 is 1.75 bits per heavy atom. The Morgan fingerprint density at radius 1 is 1.12 bits per heavy atom. The lowest BCUT2D eigenvalue weighted by Crippen LogP contribution is -2.44. The van der Waals surface area contributed by atoms with E-state index in [1.807, 2.05) is 26.0 Å². The van der Waals surface area contributed by atoms with Crippen molar-refractivity contribution in [1.29, 1.82) is 0 Å². The Morgan fingerprint density at radius 3 is 2.29 bits per heavy atom. The van der Waals surface area contributed by atoms with Crippen molar-refractivity contribution in [2.75, 3.05) is 17.1 Å². The number of carbonyl (C=O) groups excluding carboxylic acids is 1. The van der Waals surface area contributed by atoms with Gasteiger partial charge in [-0.25, -0.2) is 8.42 Å². The van der Waals surface area contributed by atoms with Gasteiger partial charge in [-0.3, -0.25) is 9.10 Å². The number of rotatable bonds is 5. The van der Waals surface area contributed by atoms with E-state index in [1.165, 1.54) is 17.1 Å². The predicted octanol–water partition coefficient (Wildman–Crippen LogP) is 2.91. The number of sulfonamides is 1. The molecule has 2 rings (SSSR count). The Hall–Kier alpha value is -1.56. The van der Waals surface area contributed by atoms with Crippen LogP contribution in [0.3, 0.4) is 0 Å². The van der Waals surface area contributed by atoms with Gasteiger partial charge in [0.1, 0.15) is 6.54 Å². The third kappa shape index (κ3) is 5.23. The van der Waals surface area contributed by atoms with Gasteiger partial charge in [-0.05, 0) is 49.9 Å². The number of benzene rings is 1. The molecule has 0 saturated heterocycles. The highest BCUT2D eigenvalue weighted by Gasteiger charge is 2.23. The van der Waals surface area contributed by atoms with Crippen LogP contribution in [0.2, 0.25) is 0 Å². The van der Waals surface area contributed by atoms with E-state index in [0.29, 0.717) is 5.69 Å². The Bertz CT molecular complexity index is 678. The fraction of sp³-hybridized carbons (Fsp3) is 0.611. The molecule has 24 heavy (non-hydrogen) atoms. The van der Waals surface area contributed by atoms with Crippen molar-refractivity contribution in [2.45, 2.75) is 58.4 Å². The van der Waals surface area contributed by atoms with Gasteiger partial charge in [-0.1, -0.05) is 31.7 Å². The largest absolute Gasteiger partial charge is 0.352 e. The summed E-state index contributed by atoms with van der Waals surface area (Å²) in [6.45, 7) is 3.74. The molecular weight excluding hydrogens is 324 g/mol. The van der Waals surface area contributed by atoms with Crippen molar-refractivity contribution in [3.8, 4) is 0 Å². The van der Waals surface area contributed by atoms with Crippen molar-refractivity contribution in [2.24, 2.45) is 0 Å². The molecule has 0 bridgehead atoms. The number of carbonyl (C=O) groups is 1. The van der Waals surface area contributed by atoms with E-state index in [-0.39, 0.29) is 18.5 Å². The smallest absolute Gasteiger partial charge is 0.240 e. The molecule has 5 nitrogen and oxygen atoms in total. The van der Waals surface area contributed by atoms with Gasteiger partial charge in [0.2, 0.25) is 15.9 Å². The highest BCUT2D eigenvalue weighted by atomic mass is 32.2. The molecule has 0 unspecified atom stereocenters. The average molecular weight is 353 g/mol. The molecule has 0 atom stereocenters. The summed E-state index contributed by atoms with van der Waals surface area (Å²) in [6.07, 6.45) is 7.77. The maximum Gasteiger partial charge on any atom is 0.240 e. The van der Waals surface area contributed by atoms with E-state index >= 15 is 0 Å². The number of hydrogen-bond acceptors (Lipinski definition) is 3. The number of anilines is 1. The van der Waals surface area contributed by atoms with Crippen LogP contribution in [-0.4, -0.2) is 33.2 Å². The van der Waals surface area contributed by atoms with Crippen molar-refractivity contribution < 1.29 is 13.2 Å². The highest BCUT2D eigenvalue weighted by molar-refractivity contribution is 7.92. The molecule has 134 valence electrons. The van der Waals surface area contributed by atoms with Crippen molar-refractivity contribution in [3.05, 3.63) is 29.3 Å². The zero-order valence-corrected chi connectivity index (χ0v) is 15.7. The molecule has 0 heterocycles. The van der Waals surface area contributed by atoms with Crippen LogP contribution in [0.5, 0.6) is 0 Å². The molecule has 6 heteroatoms. The summed E-state index contributed by atoms with van der Waals surface area (Å²) in [7, 11) is -3.52. The van der Waals surface area contributed by atoms with E-state index in [2.05, 4.69) is 5.32 Å². The van der Waals surface area contributed by atoms with Crippen LogP contribution < -0.4 is 9.62 Å². The van der Waals surface area contributed by atoms with Gasteiger partial charge in [0.15, 0.2) is 0 Å². The summed E-state index contributed by atoms with van der Waals surface area (Å²) in [6, 6.07) is 5.62. The van der Waals surface area contributed by atoms with Gasteiger partial charge in [0.05, 0.1) is 11.9 Å². The normalized spacial score (nSPS) is 16.5. The number of nitrogens with zero attached hydrogens (tertiary/aromatic N) is 1. The molecule has 1 aliphatic carbocycles. The Labute approximate surface area is 145 Å². The third-order valence-electron chi connectivity index (χ3n) is 4.69. The molecule has 1 N–H and O–H groups in total. The van der Waals surface area contributed by atoms with E-state index in [4.69, 9.17) is 0 Å². The molecular formula is C18H28N2O3S. The predicted molar refractivity (Wildman–Crippen MR) is 97.7 cm³/mol. The van der Waals surface area contributed by atoms with Gasteiger partial charge in [-0.2, -0.15) is 0 Å². The quantitative estimate of drug-likeness (QED) is 0.829. The minimum atomic E-state index is -3.52. The lowest BCUT2D eigenvalue weighted by atomic mass is 10.1. The first-order chi connectivity index (χ1) is 11.3. The van der Waals surface area contributed by atoms with Gasteiger partial charge < -0.3 is 5.32 Å². The zero-order chi connectivity index (χ0) is 17.7. The van der Waals surface area contributed by atoms with Crippen molar-refractivity contribution >= 4 is 21.6 Å². The molecule has 1 fully saturated rings. The number of aryl methyl sites for hydroxylation is 2. The Balaban J connectivity index is 2.11. The minimum absolute atomic E-state index is 0.168. The Kier molecular flexibility index (Phi) is 6.27. The summed E-state index contributed by atoms with van der Waals surface area (Å²) in [5.41, 5.74) is 2.64. The second-order valence-electron chi connectivity index (χ2n) is 6.79. The first-order valence-electron chi connectivity index (χ1n) is 8.61. The van der Waals surface area contributed by atoms with Crippen LogP contribution in [0.15, 0.2) is 18.2 Å². The second-order valence-corrected chi connectivity index (χ2v) is 8.70. The summed E-state index contributed by atoms with van der Waals surface area (Å²) in [5.74, 6) is -0.231. The van der Waals surface area contributed by atoms with Gasteiger partial charge in [0, 0.05) is 6.04 Å². The fourth-order valence-electron chi connectivity index (χ4n) is 3.11. The molecule has 1 amide bonds. The molecule has 1 aromatic carbocycles. The summed E-state index contributed by atoms with van der Waals surface area (Å²) in [5, 5.41) is 3.01. The topological polar surface area (TPSA) is 66.5 Å². The van der Waals surface area contributed by atoms with E-state index in [9.17, 15) is 13.2 Å². The molecule has 1 aliphatic rings. The molecule has 0 spiro atoms. The van der Waals surface area contributed by atoms with Crippen LogP contribution in [0.1, 0.15) is 49.7 Å². The van der Waals surface area contributed by atoms with Crippen molar-refractivity contribution in [1.82, 2.24) is 5.32 Å². The molecule has 0 aliphatic heterocycles. The number of amides is 1. The minimum Gasteiger partial charge on any atom is -0.352 e. The average Bonchev–Trinajstić information content (AvgIpc) is 2.75. The van der Waals surface area contributed by atoms with Crippen LogP contribution in [0.25, 0.3) is 0 Å². The summed E-state index contributed by atoms with van der Waals surface area (Å²) in [4.78, 5) is 12.4. The van der Waals surface area contributed by atoms with Gasteiger partial charge >= 0.3 is 0 Å². The maximum absolute atomic E-state index is 12.4. The third-order valence-corrected chi connectivity index (χ3v) is 5.83. The fourth-order valence-corrected chi connectivity index (χ4v) is 3.96. The van der Waals surface area contributed by atoms with Crippen LogP contribution in [0, 0.1) is 13.8 Å².